The van der Waals surface area contributed by atoms with Crippen LogP contribution in [-0.2, 0) is 28.8 Å². The van der Waals surface area contributed by atoms with Crippen LogP contribution in [0.1, 0.15) is 38.5 Å². The molecule has 1 aliphatic rings. The lowest BCUT2D eigenvalue weighted by atomic mass is 10.1. The maximum absolute atomic E-state index is 13.0. The van der Waals surface area contributed by atoms with Gasteiger partial charge < -0.3 is 37.8 Å². The lowest BCUT2D eigenvalue weighted by Crippen LogP contribution is -2.57. The first-order valence-corrected chi connectivity index (χ1v) is 11.8. The molecule has 0 aromatic heterocycles. The normalized spacial score (nSPS) is 18.1. The average Bonchev–Trinajstić information content (AvgIpc) is 3.22. The SMILES string of the molecule is CSCCC(NC(=O)C(CCC(N)=O)NC(=O)C(N)CC(N)=O)C(=O)N1CCCC1C(=O)O. The Labute approximate surface area is 195 Å². The van der Waals surface area contributed by atoms with Crippen LogP contribution in [-0.4, -0.2) is 88.2 Å². The maximum atomic E-state index is 13.0. The molecule has 4 unspecified atom stereocenters. The van der Waals surface area contributed by atoms with Crippen LogP contribution in [0, 0.1) is 0 Å². The number of amides is 5. The molecule has 14 heteroatoms. The van der Waals surface area contributed by atoms with Gasteiger partial charge in [0.25, 0.3) is 0 Å². The van der Waals surface area contributed by atoms with Crippen molar-refractivity contribution < 1.29 is 33.9 Å². The van der Waals surface area contributed by atoms with Crippen molar-refractivity contribution in [2.45, 2.75) is 62.7 Å². The van der Waals surface area contributed by atoms with Crippen LogP contribution in [0.15, 0.2) is 0 Å². The molecule has 33 heavy (non-hydrogen) atoms. The summed E-state index contributed by atoms with van der Waals surface area (Å²) < 4.78 is 0. The number of hydrogen-bond donors (Lipinski definition) is 6. The summed E-state index contributed by atoms with van der Waals surface area (Å²) in [5.41, 5.74) is 15.8. The molecule has 0 radical (unpaired) electrons. The molecule has 4 atom stereocenters. The van der Waals surface area contributed by atoms with E-state index >= 15 is 0 Å². The van der Waals surface area contributed by atoms with Gasteiger partial charge in [0.05, 0.1) is 12.5 Å². The Morgan fingerprint density at radius 1 is 1.03 bits per heavy atom. The van der Waals surface area contributed by atoms with Gasteiger partial charge in [0.15, 0.2) is 0 Å². The number of nitrogens with two attached hydrogens (primary N) is 3. The Kier molecular flexibility index (Phi) is 11.6. The third kappa shape index (κ3) is 9.26. The highest BCUT2D eigenvalue weighted by atomic mass is 32.2. The molecular weight excluding hydrogens is 456 g/mol. The van der Waals surface area contributed by atoms with Gasteiger partial charge in [0.2, 0.25) is 29.5 Å². The minimum absolute atomic E-state index is 0.166. The fourth-order valence-corrected chi connectivity index (χ4v) is 3.87. The number of nitrogens with zero attached hydrogens (tertiary/aromatic N) is 1. The standard InChI is InChI=1S/C19H32N6O7S/c1-33-8-6-12(18(30)25-7-2-3-13(25)19(31)32)24-17(29)11(4-5-14(21)26)23-16(28)10(20)9-15(22)27/h10-13H,2-9,20H2,1H3,(H2,21,26)(H2,22,27)(H,23,28)(H,24,29)(H,31,32). The number of aliphatic carboxylic acids is 1. The monoisotopic (exact) mass is 488 g/mol. The number of carboxylic acids is 1. The minimum atomic E-state index is -1.30. The summed E-state index contributed by atoms with van der Waals surface area (Å²) in [7, 11) is 0. The number of primary amides is 2. The summed E-state index contributed by atoms with van der Waals surface area (Å²) >= 11 is 1.44. The second-order valence-corrected chi connectivity index (χ2v) is 8.70. The van der Waals surface area contributed by atoms with Gasteiger partial charge in [0, 0.05) is 13.0 Å². The zero-order valence-corrected chi connectivity index (χ0v) is 19.3. The van der Waals surface area contributed by atoms with Gasteiger partial charge in [-0.1, -0.05) is 0 Å². The molecular formula is C19H32N6O7S. The van der Waals surface area contributed by atoms with Crippen molar-refractivity contribution in [1.82, 2.24) is 15.5 Å². The van der Waals surface area contributed by atoms with Crippen LogP contribution in [0.2, 0.25) is 0 Å². The second kappa shape index (κ2) is 13.6. The molecule has 0 bridgehead atoms. The summed E-state index contributed by atoms with van der Waals surface area (Å²) in [6.45, 7) is 0.255. The van der Waals surface area contributed by atoms with Gasteiger partial charge in [-0.25, -0.2) is 4.79 Å². The smallest absolute Gasteiger partial charge is 0.326 e. The molecule has 1 heterocycles. The molecule has 0 aromatic carbocycles. The van der Waals surface area contributed by atoms with E-state index in [1.165, 1.54) is 16.7 Å². The van der Waals surface area contributed by atoms with Gasteiger partial charge in [-0.15, -0.1) is 0 Å². The van der Waals surface area contributed by atoms with Gasteiger partial charge in [-0.3, -0.25) is 24.0 Å². The molecule has 0 aromatic rings. The summed E-state index contributed by atoms with van der Waals surface area (Å²) in [5.74, 6) is -4.27. The van der Waals surface area contributed by atoms with Crippen LogP contribution in [0.3, 0.4) is 0 Å². The quantitative estimate of drug-likeness (QED) is 0.149. The third-order valence-electron chi connectivity index (χ3n) is 5.12. The van der Waals surface area contributed by atoms with E-state index in [1.54, 1.807) is 0 Å². The molecule has 0 spiro atoms. The topological polar surface area (TPSA) is 228 Å². The molecule has 0 saturated carbocycles. The Hall–Kier alpha value is -2.87. The lowest BCUT2D eigenvalue weighted by Gasteiger charge is -2.29. The van der Waals surface area contributed by atoms with E-state index in [-0.39, 0.29) is 25.8 Å². The van der Waals surface area contributed by atoms with Crippen LogP contribution < -0.4 is 27.8 Å². The minimum Gasteiger partial charge on any atom is -0.480 e. The van der Waals surface area contributed by atoms with Crippen molar-refractivity contribution >= 4 is 47.3 Å². The van der Waals surface area contributed by atoms with E-state index in [4.69, 9.17) is 17.2 Å². The molecule has 9 N–H and O–H groups in total. The van der Waals surface area contributed by atoms with E-state index in [0.717, 1.165) is 0 Å². The Morgan fingerprint density at radius 3 is 2.21 bits per heavy atom. The summed E-state index contributed by atoms with van der Waals surface area (Å²) in [6, 6.07) is -4.57. The molecule has 186 valence electrons. The summed E-state index contributed by atoms with van der Waals surface area (Å²) in [4.78, 5) is 73.2. The highest BCUT2D eigenvalue weighted by Gasteiger charge is 2.38. The Bertz CT molecular complexity index is 765. The number of carboxylic acid groups (broad SMARTS) is 1. The van der Waals surface area contributed by atoms with E-state index in [9.17, 15) is 33.9 Å². The highest BCUT2D eigenvalue weighted by molar-refractivity contribution is 7.98. The molecule has 1 fully saturated rings. The van der Waals surface area contributed by atoms with Crippen LogP contribution in [0.4, 0.5) is 0 Å². The van der Waals surface area contributed by atoms with Gasteiger partial charge >= 0.3 is 5.97 Å². The van der Waals surface area contributed by atoms with E-state index < -0.39 is 66.1 Å². The van der Waals surface area contributed by atoms with Crippen LogP contribution in [0.25, 0.3) is 0 Å². The van der Waals surface area contributed by atoms with E-state index in [1.807, 2.05) is 6.26 Å². The fourth-order valence-electron chi connectivity index (χ4n) is 3.40. The van der Waals surface area contributed by atoms with Gasteiger partial charge in [0.1, 0.15) is 18.1 Å². The van der Waals surface area contributed by atoms with E-state index in [2.05, 4.69) is 10.6 Å². The van der Waals surface area contributed by atoms with Crippen molar-refractivity contribution in [2.75, 3.05) is 18.6 Å². The fraction of sp³-hybridized carbons (Fsp3) is 0.684. The lowest BCUT2D eigenvalue weighted by molar-refractivity contribution is -0.149. The van der Waals surface area contributed by atoms with E-state index in [0.29, 0.717) is 18.6 Å². The zero-order valence-electron chi connectivity index (χ0n) is 18.5. The number of nitrogens with one attached hydrogen (secondary N) is 2. The first-order chi connectivity index (χ1) is 15.5. The molecule has 1 aliphatic heterocycles. The maximum Gasteiger partial charge on any atom is 0.326 e. The molecule has 5 amide bonds. The first-order valence-electron chi connectivity index (χ1n) is 10.4. The molecule has 1 saturated heterocycles. The number of carbonyl (C=O) groups excluding carboxylic acids is 5. The third-order valence-corrected chi connectivity index (χ3v) is 5.76. The van der Waals surface area contributed by atoms with Crippen molar-refractivity contribution in [3.63, 3.8) is 0 Å². The predicted molar refractivity (Wildman–Crippen MR) is 119 cm³/mol. The van der Waals surface area contributed by atoms with Crippen molar-refractivity contribution in [3.05, 3.63) is 0 Å². The summed E-state index contributed by atoms with van der Waals surface area (Å²) in [5, 5.41) is 14.3. The number of hydrogen-bond acceptors (Lipinski definition) is 8. The number of thioether (sulfide) groups is 1. The van der Waals surface area contributed by atoms with Crippen molar-refractivity contribution in [3.8, 4) is 0 Å². The number of carbonyl (C=O) groups is 6. The Balaban J connectivity index is 2.99. The highest BCUT2D eigenvalue weighted by Crippen LogP contribution is 2.20. The number of rotatable bonds is 14. The average molecular weight is 489 g/mol. The van der Waals surface area contributed by atoms with Crippen LogP contribution >= 0.6 is 11.8 Å². The predicted octanol–water partition coefficient (Wildman–Crippen LogP) is -2.75. The number of likely N-dealkylation sites (tertiary alicyclic amines) is 1. The van der Waals surface area contributed by atoms with Gasteiger partial charge in [-0.2, -0.15) is 11.8 Å². The van der Waals surface area contributed by atoms with Crippen molar-refractivity contribution in [1.29, 1.82) is 0 Å². The second-order valence-electron chi connectivity index (χ2n) is 7.71. The molecule has 1 rings (SSSR count). The van der Waals surface area contributed by atoms with Gasteiger partial charge in [-0.05, 0) is 37.7 Å². The zero-order chi connectivity index (χ0) is 25.1. The Morgan fingerprint density at radius 2 is 1.67 bits per heavy atom. The molecule has 0 aliphatic carbocycles. The van der Waals surface area contributed by atoms with Crippen LogP contribution in [0.5, 0.6) is 0 Å². The first kappa shape index (κ1) is 28.2. The molecule has 13 nitrogen and oxygen atoms in total. The largest absolute Gasteiger partial charge is 0.480 e. The van der Waals surface area contributed by atoms with Crippen molar-refractivity contribution in [2.24, 2.45) is 17.2 Å². The summed E-state index contributed by atoms with van der Waals surface area (Å²) in [6.07, 6.45) is 2.04.